The van der Waals surface area contributed by atoms with Gasteiger partial charge in [0.05, 0.1) is 76.3 Å². The van der Waals surface area contributed by atoms with Gasteiger partial charge in [-0.15, -0.1) is 0 Å². The first kappa shape index (κ1) is 112. The summed E-state index contributed by atoms with van der Waals surface area (Å²) in [6.45, 7) is 58.8. The maximum absolute atomic E-state index is 10.8. The van der Waals surface area contributed by atoms with Crippen LogP contribution in [0, 0.1) is 148 Å². The summed E-state index contributed by atoms with van der Waals surface area (Å²) in [5.41, 5.74) is -6.69. The van der Waals surface area contributed by atoms with Gasteiger partial charge in [0.15, 0.2) is 0 Å². The maximum Gasteiger partial charge on any atom is 0.106 e. The van der Waals surface area contributed by atoms with Crippen LogP contribution in [0.25, 0.3) is 0 Å². The molecule has 8 rings (SSSR count). The standard InChI is InChI=1S/C14H28O2.2C13H26O2.C12H24O3.2C12H24O2.2C11H22O2/c1-10(2)12-7-6-11(3)8-14(12,16)9-13(4,5)15;1-9(2)12-6-5-10(3)7-13(12,15)11(4)8-14;1-9(2)12-6-5-10(3)7-13(12,15)8-11(4)14;1-8(2)10-5-4-9(3)6-12(10,15)11(14)7-13;2*1-9(2)11-5-4-10(3)8-12(11,14)6-7-13;2*1-8(2)10-5-4-9(3)6-11(10,13)7-12/h10-12,15-16H,6-9H2,1-5H3;2*9-12,14-15H,5-8H2,1-4H3;8-11,13-15H,4-7H2,1-3H3;2*9-11,13-14H,4-8H2,1-3H3;2*8-10,12-13H,4-7H2,1-3H3/t11-,12+,14-;2*10-,11?,12+,13-;9-,10+,11?,12+;10-,11+,12+;10-,11+,12-;9-,10+,11+;9-,10+,11-/m11111111/s1. The average Bonchev–Trinajstić information content (AvgIpc) is 0.783. The van der Waals surface area contributed by atoms with E-state index in [-0.39, 0.29) is 63.3 Å². The van der Waals surface area contributed by atoms with Crippen molar-refractivity contribution < 1.29 is 86.8 Å². The minimum atomic E-state index is -1.10. The van der Waals surface area contributed by atoms with Crippen LogP contribution in [-0.4, -0.2) is 189 Å². The highest BCUT2D eigenvalue weighted by atomic mass is 16.4. The quantitative estimate of drug-likeness (QED) is 0.0479. The lowest BCUT2D eigenvalue weighted by Gasteiger charge is -2.47. The third-order valence-electron chi connectivity index (χ3n) is 30.1. The second-order valence-corrected chi connectivity index (χ2v) is 44.6. The summed E-state index contributed by atoms with van der Waals surface area (Å²) < 4.78 is 0. The van der Waals surface area contributed by atoms with E-state index in [1.165, 1.54) is 44.9 Å². The fourth-order valence-electron chi connectivity index (χ4n) is 24.4. The van der Waals surface area contributed by atoms with Gasteiger partial charge >= 0.3 is 0 Å². The molecule has 0 aliphatic heterocycles. The van der Waals surface area contributed by atoms with E-state index < -0.39 is 62.6 Å². The number of aliphatic hydroxyl groups is 17. The molecule has 8 aliphatic rings. The molecule has 0 heterocycles. The zero-order valence-electron chi connectivity index (χ0n) is 79.7. The van der Waals surface area contributed by atoms with Crippen molar-refractivity contribution in [2.45, 2.75) is 436 Å². The molecule has 115 heavy (non-hydrogen) atoms. The van der Waals surface area contributed by atoms with Gasteiger partial charge in [-0.25, -0.2) is 0 Å². The molecule has 0 aromatic carbocycles. The highest BCUT2D eigenvalue weighted by molar-refractivity contribution is 5.02. The molecule has 0 aromatic rings. The van der Waals surface area contributed by atoms with Crippen molar-refractivity contribution in [3.63, 3.8) is 0 Å². The van der Waals surface area contributed by atoms with Crippen molar-refractivity contribution in [3.05, 3.63) is 0 Å². The molecule has 27 atom stereocenters. The van der Waals surface area contributed by atoms with Gasteiger partial charge in [-0.1, -0.05) is 224 Å². The fraction of sp³-hybridized carbons (Fsp3) is 1.00. The molecule has 0 aromatic heterocycles. The molecule has 0 bridgehead atoms. The van der Waals surface area contributed by atoms with E-state index in [1.807, 2.05) is 6.92 Å². The van der Waals surface area contributed by atoms with Crippen molar-refractivity contribution in [1.82, 2.24) is 0 Å². The van der Waals surface area contributed by atoms with Crippen molar-refractivity contribution in [2.75, 3.05) is 39.6 Å². The van der Waals surface area contributed by atoms with Crippen LogP contribution >= 0.6 is 0 Å². The van der Waals surface area contributed by atoms with Crippen LogP contribution in [0.15, 0.2) is 0 Å². The van der Waals surface area contributed by atoms with Crippen LogP contribution in [0.2, 0.25) is 0 Å². The van der Waals surface area contributed by atoms with Crippen LogP contribution in [-0.2, 0) is 0 Å². The summed E-state index contributed by atoms with van der Waals surface area (Å²) in [5.74, 6) is 10.6. The molecule has 0 spiro atoms. The number of aliphatic hydroxyl groups excluding tert-OH is 8. The van der Waals surface area contributed by atoms with Crippen molar-refractivity contribution in [1.29, 1.82) is 0 Å². The van der Waals surface area contributed by atoms with Gasteiger partial charge in [0.1, 0.15) is 6.10 Å². The van der Waals surface area contributed by atoms with E-state index in [1.54, 1.807) is 20.8 Å². The smallest absolute Gasteiger partial charge is 0.106 e. The molecule has 0 amide bonds. The van der Waals surface area contributed by atoms with E-state index in [2.05, 4.69) is 166 Å². The Balaban J connectivity index is 0.000000658. The van der Waals surface area contributed by atoms with Gasteiger partial charge < -0.3 is 86.8 Å². The van der Waals surface area contributed by atoms with Crippen LogP contribution in [0.4, 0.5) is 0 Å². The van der Waals surface area contributed by atoms with Crippen LogP contribution < -0.4 is 0 Å². The molecule has 8 saturated carbocycles. The number of rotatable bonds is 22. The van der Waals surface area contributed by atoms with Gasteiger partial charge in [0, 0.05) is 38.6 Å². The van der Waals surface area contributed by atoms with Crippen molar-refractivity contribution >= 4 is 0 Å². The monoisotopic (exact) mass is 1650 g/mol. The predicted molar refractivity (Wildman–Crippen MR) is 474 cm³/mol. The molecule has 17 heteroatoms. The fourth-order valence-corrected chi connectivity index (χ4v) is 24.4. The van der Waals surface area contributed by atoms with Gasteiger partial charge in [0.2, 0.25) is 0 Å². The van der Waals surface area contributed by atoms with Gasteiger partial charge in [-0.2, -0.15) is 0 Å². The van der Waals surface area contributed by atoms with E-state index in [0.717, 1.165) is 103 Å². The lowest BCUT2D eigenvalue weighted by Crippen LogP contribution is -2.55. The Morgan fingerprint density at radius 2 is 0.496 bits per heavy atom. The van der Waals surface area contributed by atoms with E-state index in [4.69, 9.17) is 15.3 Å². The summed E-state index contributed by atoms with van der Waals surface area (Å²) in [4.78, 5) is 0. The molecule has 8 aliphatic carbocycles. The zero-order chi connectivity index (χ0) is 89.1. The molecule has 690 valence electrons. The van der Waals surface area contributed by atoms with E-state index in [0.29, 0.717) is 156 Å². The highest BCUT2D eigenvalue weighted by Crippen LogP contribution is 2.51. The Kier molecular flexibility index (Phi) is 49.3. The van der Waals surface area contributed by atoms with Gasteiger partial charge in [-0.05, 0) is 278 Å². The van der Waals surface area contributed by atoms with Crippen LogP contribution in [0.1, 0.15) is 374 Å². The maximum atomic E-state index is 10.8. The van der Waals surface area contributed by atoms with Crippen LogP contribution in [0.5, 0.6) is 0 Å². The lowest BCUT2D eigenvalue weighted by molar-refractivity contribution is -0.165. The second kappa shape index (κ2) is 50.5. The Bertz CT molecular complexity index is 2420. The topological polar surface area (TPSA) is 344 Å². The van der Waals surface area contributed by atoms with Gasteiger partial charge in [-0.3, -0.25) is 0 Å². The Labute approximate surface area is 707 Å². The van der Waals surface area contributed by atoms with E-state index >= 15 is 0 Å². The third kappa shape index (κ3) is 35.0. The van der Waals surface area contributed by atoms with Crippen molar-refractivity contribution in [2.24, 2.45) is 148 Å². The summed E-state index contributed by atoms with van der Waals surface area (Å²) in [6.07, 6.45) is 25.1. The minimum absolute atomic E-state index is 0.00681. The predicted octanol–water partition coefficient (Wildman–Crippen LogP) is 17.1. The third-order valence-corrected chi connectivity index (χ3v) is 30.1. The normalized spacial score (nSPS) is 39.3. The Morgan fingerprint density at radius 3 is 0.739 bits per heavy atom. The number of hydrogen-bond donors (Lipinski definition) is 17. The first-order chi connectivity index (χ1) is 52.8. The second-order valence-electron chi connectivity index (χ2n) is 44.6. The lowest BCUT2D eigenvalue weighted by atomic mass is 9.62. The molecule has 0 saturated heterocycles. The summed E-state index contributed by atoms with van der Waals surface area (Å²) in [5, 5.41) is 168. The Hall–Kier alpha value is -0.680. The molecule has 8 fully saturated rings. The zero-order valence-corrected chi connectivity index (χ0v) is 79.7. The number of hydrogen-bond acceptors (Lipinski definition) is 17. The largest absolute Gasteiger partial charge is 0.396 e. The molecule has 17 nitrogen and oxygen atoms in total. The first-order valence-corrected chi connectivity index (χ1v) is 47.3. The van der Waals surface area contributed by atoms with E-state index in [9.17, 15) is 71.5 Å². The van der Waals surface area contributed by atoms with Crippen molar-refractivity contribution in [3.8, 4) is 0 Å². The summed E-state index contributed by atoms with van der Waals surface area (Å²) in [7, 11) is 0. The highest BCUT2D eigenvalue weighted by Gasteiger charge is 2.52. The molecular formula is C98H196O17. The molecule has 3 unspecified atom stereocenters. The van der Waals surface area contributed by atoms with Gasteiger partial charge in [0.25, 0.3) is 0 Å². The molecule has 0 radical (unpaired) electrons. The van der Waals surface area contributed by atoms with Crippen LogP contribution in [0.3, 0.4) is 0 Å². The molecule has 17 N–H and O–H groups in total. The summed E-state index contributed by atoms with van der Waals surface area (Å²) in [6, 6.07) is 0. The Morgan fingerprint density at radius 1 is 0.278 bits per heavy atom. The average molecular weight is 1650 g/mol. The summed E-state index contributed by atoms with van der Waals surface area (Å²) >= 11 is 0. The minimum Gasteiger partial charge on any atom is -0.396 e. The molecular weight excluding hydrogens is 1450 g/mol. The SMILES string of the molecule is CC(C)[C@@H]1CC[C@@H](C)C[C@@]1(O)C(C)CO.CC(C)[C@@H]1CC[C@@H](C)C[C@@]1(O)C(O)CO.CC(C)[C@@H]1CC[C@@H](C)C[C@@]1(O)CC(C)(C)O.CC(C)[C@@H]1CC[C@@H](C)C[C@@]1(O)CCO.CC(C)[C@@H]1CC[C@@H](C)C[C@@]1(O)CO.CC(C)[C@@H]1CC[C@@H](C)C[C@]1(O)CCO.CC(C)[C@@H]1CC[C@@H](C)C[C@]1(O)CO.CC(O)C[C@]1(O)C[C@H](C)CC[C@H]1C(C)C. The first-order valence-electron chi connectivity index (χ1n) is 47.3.